The highest BCUT2D eigenvalue weighted by molar-refractivity contribution is 5.73. The second-order valence-corrected chi connectivity index (χ2v) is 7.34. The maximum atomic E-state index is 2.50. The Balaban J connectivity index is 1.70. The van der Waals surface area contributed by atoms with E-state index in [-0.39, 0.29) is 5.41 Å². The lowest BCUT2D eigenvalue weighted by molar-refractivity contribution is -0.592. The zero-order valence-corrected chi connectivity index (χ0v) is 13.5. The zero-order valence-electron chi connectivity index (χ0n) is 13.5. The highest BCUT2D eigenvalue weighted by atomic mass is 15.1. The van der Waals surface area contributed by atoms with Crippen LogP contribution in [0.4, 0.5) is 0 Å². The number of benzene rings is 2. The summed E-state index contributed by atoms with van der Waals surface area (Å²) in [6, 6.07) is 19.9. The van der Waals surface area contributed by atoms with Gasteiger partial charge in [-0.3, -0.25) is 0 Å². The topological polar surface area (TPSA) is 3.01 Å². The average molecular weight is 290 g/mol. The van der Waals surface area contributed by atoms with Crippen molar-refractivity contribution in [3.8, 4) is 11.1 Å². The lowest BCUT2D eigenvalue weighted by Gasteiger charge is -2.45. The molecule has 0 spiro atoms. The third-order valence-corrected chi connectivity index (χ3v) is 6.08. The van der Waals surface area contributed by atoms with Crippen LogP contribution in [-0.4, -0.2) is 23.4 Å². The first kappa shape index (κ1) is 13.8. The summed E-state index contributed by atoms with van der Waals surface area (Å²) in [6.07, 6.45) is 7.69. The molecule has 0 amide bonds. The summed E-state index contributed by atoms with van der Waals surface area (Å²) in [7, 11) is 2.26. The van der Waals surface area contributed by atoms with Crippen molar-refractivity contribution in [2.75, 3.05) is 7.05 Å². The van der Waals surface area contributed by atoms with E-state index in [1.165, 1.54) is 42.4 Å². The molecule has 1 fully saturated rings. The van der Waals surface area contributed by atoms with E-state index in [0.717, 1.165) is 0 Å². The normalized spacial score (nSPS) is 30.2. The van der Waals surface area contributed by atoms with Gasteiger partial charge in [-0.1, -0.05) is 54.6 Å². The van der Waals surface area contributed by atoms with Crippen LogP contribution in [0.1, 0.15) is 38.2 Å². The largest absolute Gasteiger partial charge is 0.236 e. The molecule has 5 rings (SSSR count). The van der Waals surface area contributed by atoms with Crippen LogP contribution >= 0.6 is 0 Å². The summed E-state index contributed by atoms with van der Waals surface area (Å²) in [5.74, 6) is 0. The van der Waals surface area contributed by atoms with Gasteiger partial charge < -0.3 is 0 Å². The van der Waals surface area contributed by atoms with Gasteiger partial charge in [0.15, 0.2) is 11.8 Å². The van der Waals surface area contributed by atoms with Gasteiger partial charge in [0.1, 0.15) is 7.05 Å². The van der Waals surface area contributed by atoms with E-state index in [2.05, 4.69) is 79.4 Å². The maximum Gasteiger partial charge on any atom is 0.159 e. The highest BCUT2D eigenvalue weighted by Gasteiger charge is 2.52. The van der Waals surface area contributed by atoms with E-state index in [1.54, 1.807) is 0 Å². The van der Waals surface area contributed by atoms with Gasteiger partial charge in [-0.25, -0.2) is 4.58 Å². The summed E-state index contributed by atoms with van der Waals surface area (Å²) in [4.78, 5) is 0. The van der Waals surface area contributed by atoms with E-state index < -0.39 is 0 Å². The maximum absolute atomic E-state index is 2.50. The molecule has 2 aliphatic heterocycles. The van der Waals surface area contributed by atoms with Crippen LogP contribution in [-0.2, 0) is 5.41 Å². The van der Waals surface area contributed by atoms with Crippen LogP contribution in [0.5, 0.6) is 0 Å². The second-order valence-electron chi connectivity index (χ2n) is 7.34. The standard InChI is InChI=1S/C21H24N/c1-20-12-14-21(15-13-20,16-22(20)2)19-10-8-18(9-11-19)17-6-4-3-5-7-17/h3-11,16H,12-15H2,1-2H3/q+1. The van der Waals surface area contributed by atoms with Crippen molar-refractivity contribution >= 4 is 6.21 Å². The molecule has 0 saturated heterocycles. The van der Waals surface area contributed by atoms with E-state index in [1.807, 2.05) is 0 Å². The molecule has 1 heteroatoms. The van der Waals surface area contributed by atoms with E-state index >= 15 is 0 Å². The third kappa shape index (κ3) is 2.03. The SMILES string of the molecule is C[N+]1=CC2(c3ccc(-c4ccccc4)cc3)CCC1(C)CC2. The Morgan fingerprint density at radius 2 is 1.36 bits per heavy atom. The fourth-order valence-corrected chi connectivity index (χ4v) is 4.23. The molecule has 2 heterocycles. The Kier molecular flexibility index (Phi) is 3.00. The van der Waals surface area contributed by atoms with Crippen LogP contribution in [0.3, 0.4) is 0 Å². The zero-order chi connectivity index (χ0) is 15.2. The molecule has 1 aliphatic carbocycles. The summed E-state index contributed by atoms with van der Waals surface area (Å²) in [6.45, 7) is 2.41. The molecule has 2 aromatic rings. The quantitative estimate of drug-likeness (QED) is 0.708. The minimum Gasteiger partial charge on any atom is -0.236 e. The van der Waals surface area contributed by atoms with Gasteiger partial charge in [-0.2, -0.15) is 0 Å². The molecule has 2 aromatic carbocycles. The highest BCUT2D eigenvalue weighted by Crippen LogP contribution is 2.47. The van der Waals surface area contributed by atoms with Gasteiger partial charge in [0.2, 0.25) is 0 Å². The summed E-state index contributed by atoms with van der Waals surface area (Å²) in [5.41, 5.74) is 4.76. The van der Waals surface area contributed by atoms with E-state index in [4.69, 9.17) is 0 Å². The average Bonchev–Trinajstić information content (AvgIpc) is 2.58. The predicted molar refractivity (Wildman–Crippen MR) is 92.7 cm³/mol. The van der Waals surface area contributed by atoms with Crippen LogP contribution < -0.4 is 0 Å². The molecule has 0 radical (unpaired) electrons. The molecule has 0 unspecified atom stereocenters. The van der Waals surface area contributed by atoms with Crippen molar-refractivity contribution < 1.29 is 4.58 Å². The van der Waals surface area contributed by atoms with Crippen molar-refractivity contribution in [2.45, 2.75) is 43.6 Å². The summed E-state index contributed by atoms with van der Waals surface area (Å²) in [5, 5.41) is 0. The van der Waals surface area contributed by atoms with Crippen molar-refractivity contribution in [3.05, 3.63) is 60.2 Å². The van der Waals surface area contributed by atoms with Crippen LogP contribution in [0.2, 0.25) is 0 Å². The first-order valence-corrected chi connectivity index (χ1v) is 8.36. The number of hydrogen-bond acceptors (Lipinski definition) is 0. The van der Waals surface area contributed by atoms with Crippen LogP contribution in [0.15, 0.2) is 54.6 Å². The first-order valence-electron chi connectivity index (χ1n) is 8.36. The molecule has 1 nitrogen and oxygen atoms in total. The number of nitrogens with zero attached hydrogens (tertiary/aromatic N) is 1. The Morgan fingerprint density at radius 1 is 0.773 bits per heavy atom. The van der Waals surface area contributed by atoms with Crippen LogP contribution in [0, 0.1) is 0 Å². The van der Waals surface area contributed by atoms with Crippen molar-refractivity contribution in [1.82, 2.24) is 0 Å². The van der Waals surface area contributed by atoms with Gasteiger partial charge in [-0.05, 0) is 29.5 Å². The summed E-state index contributed by atoms with van der Waals surface area (Å²) < 4.78 is 2.48. The third-order valence-electron chi connectivity index (χ3n) is 6.08. The van der Waals surface area contributed by atoms with E-state index in [9.17, 15) is 0 Å². The van der Waals surface area contributed by atoms with Crippen molar-refractivity contribution in [1.29, 1.82) is 0 Å². The molecule has 2 bridgehead atoms. The fraction of sp³-hybridized carbons (Fsp3) is 0.381. The fourth-order valence-electron chi connectivity index (χ4n) is 4.23. The molecule has 1 saturated carbocycles. The van der Waals surface area contributed by atoms with Gasteiger partial charge in [0, 0.05) is 19.8 Å². The molecule has 0 N–H and O–H groups in total. The molecule has 112 valence electrons. The molecule has 22 heavy (non-hydrogen) atoms. The number of fused-ring (bicyclic) bond motifs is 2. The Morgan fingerprint density at radius 3 is 1.95 bits per heavy atom. The van der Waals surface area contributed by atoms with Crippen molar-refractivity contribution in [2.24, 2.45) is 0 Å². The molecular formula is C21H24N+. The number of hydrogen-bond donors (Lipinski definition) is 0. The van der Waals surface area contributed by atoms with Gasteiger partial charge in [-0.15, -0.1) is 0 Å². The predicted octanol–water partition coefficient (Wildman–Crippen LogP) is 4.65. The Labute approximate surface area is 133 Å². The molecule has 0 atom stereocenters. The Hall–Kier alpha value is -1.89. The minimum absolute atomic E-state index is 0.266. The monoisotopic (exact) mass is 290 g/mol. The number of rotatable bonds is 2. The van der Waals surface area contributed by atoms with Crippen molar-refractivity contribution in [3.63, 3.8) is 0 Å². The van der Waals surface area contributed by atoms with Crippen LogP contribution in [0.25, 0.3) is 11.1 Å². The van der Waals surface area contributed by atoms with Gasteiger partial charge in [0.25, 0.3) is 0 Å². The molecular weight excluding hydrogens is 266 g/mol. The molecule has 0 aromatic heterocycles. The van der Waals surface area contributed by atoms with Gasteiger partial charge in [0.05, 0.1) is 5.41 Å². The first-order chi connectivity index (χ1) is 10.6. The lowest BCUT2D eigenvalue weighted by Crippen LogP contribution is -2.54. The van der Waals surface area contributed by atoms with E-state index in [0.29, 0.717) is 5.54 Å². The minimum atomic E-state index is 0.266. The summed E-state index contributed by atoms with van der Waals surface area (Å²) >= 11 is 0. The second kappa shape index (κ2) is 4.81. The smallest absolute Gasteiger partial charge is 0.159 e. The lowest BCUT2D eigenvalue weighted by atomic mass is 9.62. The Bertz CT molecular complexity index is 701. The molecule has 3 aliphatic rings. The van der Waals surface area contributed by atoms with Gasteiger partial charge >= 0.3 is 0 Å².